The van der Waals surface area contributed by atoms with Gasteiger partial charge < -0.3 is 9.52 Å². The van der Waals surface area contributed by atoms with Crippen molar-refractivity contribution >= 4 is 11.3 Å². The molecular weight excluding hydrogens is 286 g/mol. The molecule has 0 saturated heterocycles. The molecule has 3 aromatic heterocycles. The Morgan fingerprint density at radius 2 is 2.24 bits per heavy atom. The van der Waals surface area contributed by atoms with Gasteiger partial charge in [-0.15, -0.1) is 16.4 Å². The van der Waals surface area contributed by atoms with Crippen LogP contribution in [-0.4, -0.2) is 20.1 Å². The van der Waals surface area contributed by atoms with E-state index in [-0.39, 0.29) is 0 Å². The summed E-state index contributed by atoms with van der Waals surface area (Å²) in [6.45, 7) is 4.25. The maximum Gasteiger partial charge on any atom is 0.125 e. The van der Waals surface area contributed by atoms with Gasteiger partial charge in [-0.1, -0.05) is 11.3 Å². The van der Waals surface area contributed by atoms with Gasteiger partial charge in [0.05, 0.1) is 5.69 Å². The number of hydrogen-bond donors (Lipinski definition) is 1. The van der Waals surface area contributed by atoms with E-state index in [2.05, 4.69) is 10.3 Å². The monoisotopic (exact) mass is 303 g/mol. The average Bonchev–Trinajstić information content (AvgIpc) is 3.12. The van der Waals surface area contributed by atoms with Gasteiger partial charge in [-0.2, -0.15) is 0 Å². The van der Waals surface area contributed by atoms with Gasteiger partial charge >= 0.3 is 0 Å². The van der Waals surface area contributed by atoms with Crippen LogP contribution in [0.4, 0.5) is 0 Å². The molecule has 1 N–H and O–H groups in total. The molecule has 1 unspecified atom stereocenters. The normalized spacial score (nSPS) is 14.2. The van der Waals surface area contributed by atoms with Crippen molar-refractivity contribution in [2.75, 3.05) is 0 Å². The molecule has 0 aliphatic rings. The molecule has 0 amide bonds. The van der Waals surface area contributed by atoms with Gasteiger partial charge in [-0.25, -0.2) is 4.68 Å². The first-order chi connectivity index (χ1) is 10.0. The summed E-state index contributed by atoms with van der Waals surface area (Å²) in [7, 11) is 0. The minimum atomic E-state index is -0.920. The number of hydrogen-bond acceptors (Lipinski definition) is 5. The second-order valence-corrected chi connectivity index (χ2v) is 6.30. The number of aromatic nitrogens is 3. The topological polar surface area (TPSA) is 64.1 Å². The highest BCUT2D eigenvalue weighted by Gasteiger charge is 2.26. The van der Waals surface area contributed by atoms with Crippen molar-refractivity contribution in [3.63, 3.8) is 0 Å². The van der Waals surface area contributed by atoms with E-state index >= 15 is 0 Å². The molecule has 0 spiro atoms. The standard InChI is InChI=1S/C15H17N3O2S/c1-11-5-6-13(20-11)10-18-9-12(16-17-18)8-15(2,19)14-4-3-7-21-14/h3-7,9,19H,8,10H2,1-2H3. The van der Waals surface area contributed by atoms with Crippen LogP contribution >= 0.6 is 11.3 Å². The number of furan rings is 1. The summed E-state index contributed by atoms with van der Waals surface area (Å²) >= 11 is 1.54. The first-order valence-corrected chi connectivity index (χ1v) is 7.61. The van der Waals surface area contributed by atoms with E-state index < -0.39 is 5.60 Å². The zero-order valence-corrected chi connectivity index (χ0v) is 12.8. The Kier molecular flexibility index (Phi) is 3.65. The van der Waals surface area contributed by atoms with Crippen molar-refractivity contribution in [1.29, 1.82) is 0 Å². The first kappa shape index (κ1) is 14.0. The molecule has 0 fully saturated rings. The third kappa shape index (κ3) is 3.22. The largest absolute Gasteiger partial charge is 0.464 e. The smallest absolute Gasteiger partial charge is 0.125 e. The van der Waals surface area contributed by atoms with Crippen LogP contribution in [0, 0.1) is 6.92 Å². The minimum absolute atomic E-state index is 0.435. The van der Waals surface area contributed by atoms with Crippen LogP contribution < -0.4 is 0 Å². The second-order valence-electron chi connectivity index (χ2n) is 5.35. The molecule has 21 heavy (non-hydrogen) atoms. The van der Waals surface area contributed by atoms with Crippen molar-refractivity contribution < 1.29 is 9.52 Å². The van der Waals surface area contributed by atoms with Crippen molar-refractivity contribution in [2.45, 2.75) is 32.4 Å². The second kappa shape index (κ2) is 5.46. The van der Waals surface area contributed by atoms with Gasteiger partial charge in [0.25, 0.3) is 0 Å². The van der Waals surface area contributed by atoms with Crippen LogP contribution in [-0.2, 0) is 18.6 Å². The quantitative estimate of drug-likeness (QED) is 0.787. The van der Waals surface area contributed by atoms with Gasteiger partial charge in [-0.05, 0) is 37.4 Å². The summed E-state index contributed by atoms with van der Waals surface area (Å²) in [5.74, 6) is 1.72. The van der Waals surface area contributed by atoms with Crippen molar-refractivity contribution in [1.82, 2.24) is 15.0 Å². The Morgan fingerprint density at radius 1 is 1.38 bits per heavy atom. The molecule has 0 radical (unpaired) electrons. The Balaban J connectivity index is 1.70. The maximum absolute atomic E-state index is 10.5. The fourth-order valence-electron chi connectivity index (χ4n) is 2.25. The van der Waals surface area contributed by atoms with E-state index in [0.29, 0.717) is 13.0 Å². The fourth-order valence-corrected chi connectivity index (χ4v) is 3.04. The third-order valence-corrected chi connectivity index (χ3v) is 4.40. The van der Waals surface area contributed by atoms with Gasteiger partial charge in [-0.3, -0.25) is 0 Å². The lowest BCUT2D eigenvalue weighted by Gasteiger charge is -2.20. The van der Waals surface area contributed by atoms with Crippen LogP contribution in [0.2, 0.25) is 0 Å². The molecule has 1 atom stereocenters. The molecule has 3 rings (SSSR count). The van der Waals surface area contributed by atoms with Crippen LogP contribution in [0.25, 0.3) is 0 Å². The highest BCUT2D eigenvalue weighted by Crippen LogP contribution is 2.28. The summed E-state index contributed by atoms with van der Waals surface area (Å²) in [5.41, 5.74) is -0.160. The molecule has 110 valence electrons. The highest BCUT2D eigenvalue weighted by atomic mass is 32.1. The summed E-state index contributed by atoms with van der Waals surface area (Å²) in [4.78, 5) is 0.929. The fraction of sp³-hybridized carbons (Fsp3) is 0.333. The summed E-state index contributed by atoms with van der Waals surface area (Å²) in [6, 6.07) is 7.72. The zero-order valence-electron chi connectivity index (χ0n) is 12.0. The highest BCUT2D eigenvalue weighted by molar-refractivity contribution is 7.10. The molecule has 0 aromatic carbocycles. The number of aliphatic hydroxyl groups is 1. The lowest BCUT2D eigenvalue weighted by molar-refractivity contribution is 0.0604. The number of nitrogens with zero attached hydrogens (tertiary/aromatic N) is 3. The van der Waals surface area contributed by atoms with Gasteiger partial charge in [0.15, 0.2) is 0 Å². The predicted octanol–water partition coefficient (Wildman–Crippen LogP) is 2.74. The number of aryl methyl sites for hydroxylation is 1. The van der Waals surface area contributed by atoms with Crippen molar-refractivity contribution in [2.24, 2.45) is 0 Å². The Bertz CT molecular complexity index is 713. The number of rotatable bonds is 5. The molecule has 0 aliphatic heterocycles. The summed E-state index contributed by atoms with van der Waals surface area (Å²) in [6.07, 6.45) is 2.28. The van der Waals surface area contributed by atoms with Gasteiger partial charge in [0.1, 0.15) is 23.7 Å². The van der Waals surface area contributed by atoms with E-state index in [1.807, 2.05) is 42.8 Å². The summed E-state index contributed by atoms with van der Waals surface area (Å²) in [5, 5.41) is 20.7. The molecule has 0 bridgehead atoms. The molecule has 3 aromatic rings. The molecule has 5 nitrogen and oxygen atoms in total. The summed E-state index contributed by atoms with van der Waals surface area (Å²) < 4.78 is 7.24. The van der Waals surface area contributed by atoms with E-state index in [0.717, 1.165) is 22.1 Å². The molecule has 3 heterocycles. The molecule has 6 heteroatoms. The SMILES string of the molecule is Cc1ccc(Cn2cc(CC(C)(O)c3cccs3)nn2)o1. The molecular formula is C15H17N3O2S. The van der Waals surface area contributed by atoms with Gasteiger partial charge in [0, 0.05) is 17.5 Å². The van der Waals surface area contributed by atoms with E-state index in [1.54, 1.807) is 22.9 Å². The first-order valence-electron chi connectivity index (χ1n) is 6.74. The Labute approximate surface area is 126 Å². The van der Waals surface area contributed by atoms with Crippen molar-refractivity contribution in [3.8, 4) is 0 Å². The van der Waals surface area contributed by atoms with Gasteiger partial charge in [0.2, 0.25) is 0 Å². The van der Waals surface area contributed by atoms with Crippen LogP contribution in [0.15, 0.2) is 40.3 Å². The molecule has 0 aliphatic carbocycles. The minimum Gasteiger partial charge on any atom is -0.464 e. The Hall–Kier alpha value is -1.92. The average molecular weight is 303 g/mol. The number of thiophene rings is 1. The lowest BCUT2D eigenvalue weighted by Crippen LogP contribution is -2.23. The predicted molar refractivity (Wildman–Crippen MR) is 80.2 cm³/mol. The Morgan fingerprint density at radius 3 is 2.90 bits per heavy atom. The van der Waals surface area contributed by atoms with E-state index in [4.69, 9.17) is 4.42 Å². The van der Waals surface area contributed by atoms with Crippen LogP contribution in [0.3, 0.4) is 0 Å². The molecule has 0 saturated carbocycles. The lowest BCUT2D eigenvalue weighted by atomic mass is 9.99. The maximum atomic E-state index is 10.5. The van der Waals surface area contributed by atoms with Crippen LogP contribution in [0.5, 0.6) is 0 Å². The van der Waals surface area contributed by atoms with Crippen molar-refractivity contribution in [3.05, 3.63) is 57.9 Å². The van der Waals surface area contributed by atoms with Crippen LogP contribution in [0.1, 0.15) is 29.0 Å². The van der Waals surface area contributed by atoms with E-state index in [1.165, 1.54) is 0 Å². The van der Waals surface area contributed by atoms with E-state index in [9.17, 15) is 5.11 Å². The third-order valence-electron chi connectivity index (χ3n) is 3.28. The zero-order chi connectivity index (χ0) is 14.9.